The van der Waals surface area contributed by atoms with Crippen LogP contribution in [0.25, 0.3) is 0 Å². The Morgan fingerprint density at radius 3 is 3.21 bits per heavy atom. The standard InChI is InChI=1S/C8H7ClN2O2S/c9-4-1-5-8(11-6(4)3-12)14-7(13)2-10-5/h1,10,12H,2-3H2. The Kier molecular flexibility index (Phi) is 2.62. The summed E-state index contributed by atoms with van der Waals surface area (Å²) in [5, 5.41) is 12.8. The molecule has 1 aliphatic heterocycles. The summed E-state index contributed by atoms with van der Waals surface area (Å²) in [6.07, 6.45) is 0. The second-order valence-corrected chi connectivity index (χ2v) is 4.21. The first-order valence-corrected chi connectivity index (χ1v) is 5.15. The maximum Gasteiger partial charge on any atom is 0.214 e. The fourth-order valence-electron chi connectivity index (χ4n) is 1.13. The third-order valence-electron chi connectivity index (χ3n) is 1.80. The molecule has 2 heterocycles. The number of halogens is 1. The lowest BCUT2D eigenvalue weighted by Gasteiger charge is -2.16. The van der Waals surface area contributed by atoms with E-state index in [-0.39, 0.29) is 18.3 Å². The van der Waals surface area contributed by atoms with Gasteiger partial charge in [-0.1, -0.05) is 11.6 Å². The second-order valence-electron chi connectivity index (χ2n) is 2.76. The Morgan fingerprint density at radius 2 is 2.50 bits per heavy atom. The van der Waals surface area contributed by atoms with Crippen molar-refractivity contribution >= 4 is 34.2 Å². The molecule has 4 nitrogen and oxygen atoms in total. The summed E-state index contributed by atoms with van der Waals surface area (Å²) in [5.41, 5.74) is 1.14. The van der Waals surface area contributed by atoms with Gasteiger partial charge in [0, 0.05) is 0 Å². The number of hydrogen-bond donors (Lipinski definition) is 2. The summed E-state index contributed by atoms with van der Waals surface area (Å²) >= 11 is 6.91. The number of carbonyl (C=O) groups excluding carboxylic acids is 1. The smallest absolute Gasteiger partial charge is 0.214 e. The number of nitrogens with zero attached hydrogens (tertiary/aromatic N) is 1. The molecule has 14 heavy (non-hydrogen) atoms. The van der Waals surface area contributed by atoms with E-state index >= 15 is 0 Å². The van der Waals surface area contributed by atoms with Crippen LogP contribution in [0.2, 0.25) is 5.02 Å². The fraction of sp³-hybridized carbons (Fsp3) is 0.250. The lowest BCUT2D eigenvalue weighted by atomic mass is 10.3. The topological polar surface area (TPSA) is 62.2 Å². The average molecular weight is 231 g/mol. The molecule has 1 aliphatic rings. The highest BCUT2D eigenvalue weighted by Crippen LogP contribution is 2.33. The van der Waals surface area contributed by atoms with E-state index in [1.807, 2.05) is 0 Å². The highest BCUT2D eigenvalue weighted by molar-refractivity contribution is 8.13. The molecule has 6 heteroatoms. The van der Waals surface area contributed by atoms with E-state index in [9.17, 15) is 4.79 Å². The lowest BCUT2D eigenvalue weighted by molar-refractivity contribution is -0.109. The zero-order valence-corrected chi connectivity index (χ0v) is 8.65. The first-order valence-electron chi connectivity index (χ1n) is 3.95. The predicted molar refractivity (Wildman–Crippen MR) is 54.5 cm³/mol. The number of carbonyl (C=O) groups is 1. The van der Waals surface area contributed by atoms with Gasteiger partial charge in [-0.3, -0.25) is 4.79 Å². The molecule has 2 N–H and O–H groups in total. The Balaban J connectivity index is 2.46. The van der Waals surface area contributed by atoms with Crippen LogP contribution < -0.4 is 5.32 Å². The summed E-state index contributed by atoms with van der Waals surface area (Å²) in [5.74, 6) is 0. The number of fused-ring (bicyclic) bond motifs is 1. The van der Waals surface area contributed by atoms with E-state index in [0.29, 0.717) is 15.7 Å². The van der Waals surface area contributed by atoms with Crippen molar-refractivity contribution in [1.82, 2.24) is 4.98 Å². The Labute approximate surface area is 89.7 Å². The molecule has 0 bridgehead atoms. The van der Waals surface area contributed by atoms with Gasteiger partial charge in [-0.2, -0.15) is 0 Å². The van der Waals surface area contributed by atoms with Crippen LogP contribution in [0.4, 0.5) is 5.69 Å². The van der Waals surface area contributed by atoms with Gasteiger partial charge < -0.3 is 10.4 Å². The van der Waals surface area contributed by atoms with Gasteiger partial charge in [0.25, 0.3) is 0 Å². The summed E-state index contributed by atoms with van der Waals surface area (Å²) < 4.78 is 0. The Hall–Kier alpha value is -0.780. The number of hydrogen-bond acceptors (Lipinski definition) is 5. The molecule has 0 unspecified atom stereocenters. The van der Waals surface area contributed by atoms with Crippen LogP contribution in [-0.2, 0) is 11.4 Å². The molecule has 0 fully saturated rings. The predicted octanol–water partition coefficient (Wildman–Crippen LogP) is 1.27. The minimum absolute atomic E-state index is 0.0104. The molecule has 0 amide bonds. The number of aliphatic hydroxyl groups is 1. The highest BCUT2D eigenvalue weighted by atomic mass is 35.5. The van der Waals surface area contributed by atoms with E-state index in [0.717, 1.165) is 17.4 Å². The van der Waals surface area contributed by atoms with Gasteiger partial charge in [0.05, 0.1) is 29.6 Å². The quantitative estimate of drug-likeness (QED) is 0.761. The zero-order chi connectivity index (χ0) is 10.1. The number of aliphatic hydroxyl groups excluding tert-OH is 1. The molecular weight excluding hydrogens is 224 g/mol. The maximum absolute atomic E-state index is 11.1. The Morgan fingerprint density at radius 1 is 1.71 bits per heavy atom. The molecule has 0 radical (unpaired) electrons. The molecule has 1 aromatic rings. The largest absolute Gasteiger partial charge is 0.390 e. The lowest BCUT2D eigenvalue weighted by Crippen LogP contribution is -2.17. The summed E-state index contributed by atoms with van der Waals surface area (Å²) in [6.45, 7) is 0.0645. The van der Waals surface area contributed by atoms with E-state index < -0.39 is 0 Å². The second kappa shape index (κ2) is 3.76. The van der Waals surface area contributed by atoms with Crippen molar-refractivity contribution in [2.45, 2.75) is 11.6 Å². The summed E-state index contributed by atoms with van der Waals surface area (Å²) in [4.78, 5) is 15.2. The zero-order valence-electron chi connectivity index (χ0n) is 7.08. The van der Waals surface area contributed by atoms with Gasteiger partial charge in [-0.15, -0.1) is 0 Å². The molecule has 0 saturated carbocycles. The number of aromatic nitrogens is 1. The molecule has 2 rings (SSSR count). The van der Waals surface area contributed by atoms with Crippen LogP contribution in [0.3, 0.4) is 0 Å². The number of rotatable bonds is 1. The molecule has 0 atom stereocenters. The van der Waals surface area contributed by atoms with Crippen molar-refractivity contribution in [1.29, 1.82) is 0 Å². The fourth-order valence-corrected chi connectivity index (χ4v) is 2.10. The van der Waals surface area contributed by atoms with E-state index in [1.165, 1.54) is 0 Å². The van der Waals surface area contributed by atoms with Crippen molar-refractivity contribution in [3.8, 4) is 0 Å². The number of nitrogens with one attached hydrogen (secondary N) is 1. The van der Waals surface area contributed by atoms with Gasteiger partial charge in [-0.05, 0) is 17.8 Å². The van der Waals surface area contributed by atoms with Crippen molar-refractivity contribution in [2.75, 3.05) is 11.9 Å². The van der Waals surface area contributed by atoms with Crippen molar-refractivity contribution in [3.63, 3.8) is 0 Å². The highest BCUT2D eigenvalue weighted by Gasteiger charge is 2.19. The monoisotopic (exact) mass is 230 g/mol. The van der Waals surface area contributed by atoms with Crippen LogP contribution in [0.1, 0.15) is 5.69 Å². The average Bonchev–Trinajstić information content (AvgIpc) is 2.17. The first kappa shape index (κ1) is 9.76. The van der Waals surface area contributed by atoms with Gasteiger partial charge in [-0.25, -0.2) is 4.98 Å². The third kappa shape index (κ3) is 1.70. The maximum atomic E-state index is 11.1. The molecule has 0 saturated heterocycles. The molecular formula is C8H7ClN2O2S. The molecule has 1 aromatic heterocycles. The van der Waals surface area contributed by atoms with Crippen molar-refractivity contribution < 1.29 is 9.90 Å². The SMILES string of the molecule is O=C1CNc2cc(Cl)c(CO)nc2S1. The van der Waals surface area contributed by atoms with E-state index in [4.69, 9.17) is 16.7 Å². The van der Waals surface area contributed by atoms with Crippen LogP contribution in [0.15, 0.2) is 11.1 Å². The van der Waals surface area contributed by atoms with Crippen LogP contribution >= 0.6 is 23.4 Å². The number of anilines is 1. The van der Waals surface area contributed by atoms with Gasteiger partial charge in [0.1, 0.15) is 5.03 Å². The molecule has 74 valence electrons. The van der Waals surface area contributed by atoms with Crippen molar-refractivity contribution in [2.24, 2.45) is 0 Å². The molecule has 0 aliphatic carbocycles. The minimum Gasteiger partial charge on any atom is -0.390 e. The van der Waals surface area contributed by atoms with Crippen molar-refractivity contribution in [3.05, 3.63) is 16.8 Å². The van der Waals surface area contributed by atoms with Crippen LogP contribution in [0, 0.1) is 0 Å². The Bertz CT molecular complexity index is 397. The number of thioether (sulfide) groups is 1. The van der Waals surface area contributed by atoms with Gasteiger partial charge in [0.2, 0.25) is 5.12 Å². The van der Waals surface area contributed by atoms with Gasteiger partial charge >= 0.3 is 0 Å². The van der Waals surface area contributed by atoms with Gasteiger partial charge in [0.15, 0.2) is 0 Å². The van der Waals surface area contributed by atoms with E-state index in [1.54, 1.807) is 6.07 Å². The summed E-state index contributed by atoms with van der Waals surface area (Å²) in [7, 11) is 0. The summed E-state index contributed by atoms with van der Waals surface area (Å²) in [6, 6.07) is 1.68. The number of pyridine rings is 1. The van der Waals surface area contributed by atoms with Crippen LogP contribution in [0.5, 0.6) is 0 Å². The minimum atomic E-state index is -0.221. The third-order valence-corrected chi connectivity index (χ3v) is 3.00. The molecule has 0 aromatic carbocycles. The normalized spacial score (nSPS) is 14.9. The molecule has 0 spiro atoms. The first-order chi connectivity index (χ1) is 6.70. The van der Waals surface area contributed by atoms with Crippen LogP contribution in [-0.4, -0.2) is 21.8 Å². The van der Waals surface area contributed by atoms with E-state index in [2.05, 4.69) is 10.3 Å².